The fourth-order valence-electron chi connectivity index (χ4n) is 2.37. The van der Waals surface area contributed by atoms with Crippen LogP contribution in [-0.2, 0) is 0 Å². The largest absolute Gasteiger partial charge is 0.368 e. The van der Waals surface area contributed by atoms with Crippen LogP contribution >= 0.6 is 0 Å². The van der Waals surface area contributed by atoms with Crippen molar-refractivity contribution in [1.29, 1.82) is 0 Å². The van der Waals surface area contributed by atoms with Gasteiger partial charge >= 0.3 is 0 Å². The summed E-state index contributed by atoms with van der Waals surface area (Å²) in [5, 5.41) is 0. The summed E-state index contributed by atoms with van der Waals surface area (Å²) < 4.78 is 13.7. The third kappa shape index (κ3) is 1.73. The van der Waals surface area contributed by atoms with Crippen molar-refractivity contribution in [2.75, 3.05) is 37.0 Å². The smallest absolute Gasteiger partial charge is 0.148 e. The van der Waals surface area contributed by atoms with Gasteiger partial charge < -0.3 is 15.5 Å². The predicted molar refractivity (Wildman–Crippen MR) is 65.5 cm³/mol. The molecule has 1 aliphatic heterocycles. The zero-order valence-electron chi connectivity index (χ0n) is 9.78. The van der Waals surface area contributed by atoms with Crippen molar-refractivity contribution in [2.45, 2.75) is 12.5 Å². The lowest BCUT2D eigenvalue weighted by Gasteiger charge is -2.41. The van der Waals surface area contributed by atoms with Gasteiger partial charge in [-0.1, -0.05) is 6.07 Å². The van der Waals surface area contributed by atoms with Gasteiger partial charge in [0.2, 0.25) is 0 Å². The fourth-order valence-corrected chi connectivity index (χ4v) is 2.37. The average molecular weight is 223 g/mol. The van der Waals surface area contributed by atoms with E-state index in [9.17, 15) is 4.39 Å². The molecule has 0 amide bonds. The molecule has 0 spiro atoms. The van der Waals surface area contributed by atoms with E-state index in [0.29, 0.717) is 18.3 Å². The van der Waals surface area contributed by atoms with Gasteiger partial charge in [0.1, 0.15) is 5.82 Å². The van der Waals surface area contributed by atoms with Gasteiger partial charge in [-0.05, 0) is 25.1 Å². The molecule has 0 radical (unpaired) electrons. The standard InChI is InChI=1S/C12H18FN3/c1-15-8-9(6-7-14)16(2)11-5-3-4-10(13)12(11)15/h3-5,9H,6-8,14H2,1-2H3. The molecule has 1 aromatic rings. The van der Waals surface area contributed by atoms with Crippen LogP contribution in [0.15, 0.2) is 18.2 Å². The number of nitrogens with zero attached hydrogens (tertiary/aromatic N) is 2. The van der Waals surface area contributed by atoms with Crippen molar-refractivity contribution in [3.8, 4) is 0 Å². The number of rotatable bonds is 2. The van der Waals surface area contributed by atoms with Crippen molar-refractivity contribution in [1.82, 2.24) is 0 Å². The molecule has 4 heteroatoms. The maximum Gasteiger partial charge on any atom is 0.148 e. The molecular formula is C12H18FN3. The number of anilines is 2. The highest BCUT2D eigenvalue weighted by Crippen LogP contribution is 2.36. The number of benzene rings is 1. The lowest BCUT2D eigenvalue weighted by molar-refractivity contribution is 0.549. The summed E-state index contributed by atoms with van der Waals surface area (Å²) in [6.07, 6.45) is 0.927. The summed E-state index contributed by atoms with van der Waals surface area (Å²) >= 11 is 0. The summed E-state index contributed by atoms with van der Waals surface area (Å²) in [5.74, 6) is -0.155. The SMILES string of the molecule is CN1CC(CCN)N(C)c2cccc(F)c21. The Balaban J connectivity index is 2.39. The van der Waals surface area contributed by atoms with Crippen LogP contribution in [0, 0.1) is 5.82 Å². The molecule has 1 aromatic carbocycles. The number of para-hydroxylation sites is 1. The van der Waals surface area contributed by atoms with E-state index in [1.54, 1.807) is 6.07 Å². The van der Waals surface area contributed by atoms with Gasteiger partial charge in [0.05, 0.1) is 11.4 Å². The minimum atomic E-state index is -0.155. The monoisotopic (exact) mass is 223 g/mol. The lowest BCUT2D eigenvalue weighted by Crippen LogP contribution is -2.47. The third-order valence-corrected chi connectivity index (χ3v) is 3.26. The zero-order valence-corrected chi connectivity index (χ0v) is 9.78. The van der Waals surface area contributed by atoms with Crippen molar-refractivity contribution in [3.63, 3.8) is 0 Å². The molecule has 0 fully saturated rings. The maximum absolute atomic E-state index is 13.7. The summed E-state index contributed by atoms with van der Waals surface area (Å²) in [7, 11) is 3.93. The van der Waals surface area contributed by atoms with Crippen LogP contribution in [0.25, 0.3) is 0 Å². The van der Waals surface area contributed by atoms with Gasteiger partial charge in [-0.3, -0.25) is 0 Å². The average Bonchev–Trinajstić information content (AvgIpc) is 2.25. The molecule has 3 nitrogen and oxygen atoms in total. The molecule has 88 valence electrons. The number of hydrogen-bond acceptors (Lipinski definition) is 3. The lowest BCUT2D eigenvalue weighted by atomic mass is 10.1. The van der Waals surface area contributed by atoms with Crippen LogP contribution < -0.4 is 15.5 Å². The van der Waals surface area contributed by atoms with E-state index in [-0.39, 0.29) is 5.82 Å². The quantitative estimate of drug-likeness (QED) is 0.823. The van der Waals surface area contributed by atoms with Crippen LogP contribution in [0.2, 0.25) is 0 Å². The van der Waals surface area contributed by atoms with E-state index < -0.39 is 0 Å². The molecule has 1 atom stereocenters. The van der Waals surface area contributed by atoms with Crippen LogP contribution in [0.1, 0.15) is 6.42 Å². The molecule has 1 heterocycles. The number of fused-ring (bicyclic) bond motifs is 1. The molecular weight excluding hydrogens is 205 g/mol. The first-order valence-electron chi connectivity index (χ1n) is 5.57. The number of nitrogens with two attached hydrogens (primary N) is 1. The molecule has 0 saturated heterocycles. The Hall–Kier alpha value is -1.29. The Morgan fingerprint density at radius 1 is 1.44 bits per heavy atom. The molecule has 2 N–H and O–H groups in total. The molecule has 16 heavy (non-hydrogen) atoms. The van der Waals surface area contributed by atoms with Crippen molar-refractivity contribution < 1.29 is 4.39 Å². The van der Waals surface area contributed by atoms with E-state index in [4.69, 9.17) is 5.73 Å². The first kappa shape index (κ1) is 11.2. The van der Waals surface area contributed by atoms with Crippen LogP contribution in [0.4, 0.5) is 15.8 Å². The Bertz CT molecular complexity index is 381. The second kappa shape index (κ2) is 4.29. The van der Waals surface area contributed by atoms with Crippen LogP contribution in [0.3, 0.4) is 0 Å². The normalized spacial score (nSPS) is 19.9. The van der Waals surface area contributed by atoms with Crippen molar-refractivity contribution in [2.24, 2.45) is 5.73 Å². The fraction of sp³-hybridized carbons (Fsp3) is 0.500. The van der Waals surface area contributed by atoms with Gasteiger partial charge in [-0.15, -0.1) is 0 Å². The first-order valence-corrected chi connectivity index (χ1v) is 5.57. The topological polar surface area (TPSA) is 32.5 Å². The maximum atomic E-state index is 13.7. The molecule has 1 unspecified atom stereocenters. The highest BCUT2D eigenvalue weighted by Gasteiger charge is 2.27. The highest BCUT2D eigenvalue weighted by molar-refractivity contribution is 5.74. The molecule has 1 aliphatic rings. The first-order chi connectivity index (χ1) is 7.65. The highest BCUT2D eigenvalue weighted by atomic mass is 19.1. The van der Waals surface area contributed by atoms with Gasteiger partial charge in [-0.25, -0.2) is 4.39 Å². The summed E-state index contributed by atoms with van der Waals surface area (Å²) in [4.78, 5) is 4.11. The number of hydrogen-bond donors (Lipinski definition) is 1. The minimum Gasteiger partial charge on any atom is -0.368 e. The minimum absolute atomic E-state index is 0.155. The molecule has 0 aliphatic carbocycles. The van der Waals surface area contributed by atoms with Gasteiger partial charge in [0, 0.05) is 26.7 Å². The summed E-state index contributed by atoms with van der Waals surface area (Å²) in [6, 6.07) is 5.58. The molecule has 2 rings (SSSR count). The Morgan fingerprint density at radius 2 is 2.19 bits per heavy atom. The van der Waals surface area contributed by atoms with Gasteiger partial charge in [0.25, 0.3) is 0 Å². The van der Waals surface area contributed by atoms with Crippen molar-refractivity contribution in [3.05, 3.63) is 24.0 Å². The Morgan fingerprint density at radius 3 is 2.88 bits per heavy atom. The van der Waals surface area contributed by atoms with Crippen LogP contribution in [-0.4, -0.2) is 33.2 Å². The summed E-state index contributed by atoms with van der Waals surface area (Å²) in [5.41, 5.74) is 7.24. The predicted octanol–water partition coefficient (Wildman–Crippen LogP) is 1.43. The van der Waals surface area contributed by atoms with Crippen molar-refractivity contribution >= 4 is 11.4 Å². The Kier molecular flexibility index (Phi) is 3.01. The second-order valence-corrected chi connectivity index (χ2v) is 4.33. The second-order valence-electron chi connectivity index (χ2n) is 4.33. The summed E-state index contributed by atoms with van der Waals surface area (Å²) in [6.45, 7) is 1.48. The van der Waals surface area contributed by atoms with Gasteiger partial charge in [0.15, 0.2) is 0 Å². The number of likely N-dealkylation sites (N-methyl/N-ethyl adjacent to an activating group) is 2. The third-order valence-electron chi connectivity index (χ3n) is 3.26. The van der Waals surface area contributed by atoms with Crippen LogP contribution in [0.5, 0.6) is 0 Å². The zero-order chi connectivity index (χ0) is 11.7. The van der Waals surface area contributed by atoms with E-state index in [1.165, 1.54) is 6.07 Å². The van der Waals surface area contributed by atoms with E-state index >= 15 is 0 Å². The van der Waals surface area contributed by atoms with E-state index in [2.05, 4.69) is 4.90 Å². The Labute approximate surface area is 95.6 Å². The molecule has 0 aromatic heterocycles. The van der Waals surface area contributed by atoms with Gasteiger partial charge in [-0.2, -0.15) is 0 Å². The molecule has 0 saturated carbocycles. The number of halogens is 1. The van der Waals surface area contributed by atoms with E-state index in [0.717, 1.165) is 18.7 Å². The molecule has 0 bridgehead atoms. The van der Waals surface area contributed by atoms with E-state index in [1.807, 2.05) is 25.1 Å².